The predicted molar refractivity (Wildman–Crippen MR) is 125 cm³/mol. The zero-order valence-corrected chi connectivity index (χ0v) is 19.7. The first-order chi connectivity index (χ1) is 17.0. The molecule has 0 unspecified atom stereocenters. The molecule has 0 aliphatic heterocycles. The maximum atomic E-state index is 13.1. The summed E-state index contributed by atoms with van der Waals surface area (Å²) in [7, 11) is 0. The Kier molecular flexibility index (Phi) is 8.70. The minimum Gasteiger partial charge on any atom is -0.345 e. The number of aromatic nitrogens is 1. The Hall–Kier alpha value is -3.43. The number of carbonyl (C=O) groups excluding carboxylic acids is 1. The van der Waals surface area contributed by atoms with Gasteiger partial charge in [0.15, 0.2) is 0 Å². The molecule has 194 valence electrons. The van der Waals surface area contributed by atoms with E-state index in [4.69, 9.17) is 0 Å². The molecule has 1 N–H and O–H groups in total. The molecule has 0 bridgehead atoms. The van der Waals surface area contributed by atoms with Crippen LogP contribution < -0.4 is 5.32 Å². The summed E-state index contributed by atoms with van der Waals surface area (Å²) in [6, 6.07) is 12.4. The molecule has 2 aromatic carbocycles. The lowest BCUT2D eigenvalue weighted by atomic mass is 10.1. The summed E-state index contributed by atoms with van der Waals surface area (Å²) in [5.41, 5.74) is -0.450. The zero-order chi connectivity index (χ0) is 26.3. The normalized spacial score (nSPS) is 12.0. The Balaban J connectivity index is 1.77. The van der Waals surface area contributed by atoms with Crippen molar-refractivity contribution >= 4 is 11.7 Å². The first-order valence-electron chi connectivity index (χ1n) is 11.5. The number of alkyl halides is 6. The molecule has 0 aliphatic carbocycles. The number of anilines is 1. The van der Waals surface area contributed by atoms with Gasteiger partial charge in [0.2, 0.25) is 0 Å². The van der Waals surface area contributed by atoms with Gasteiger partial charge in [-0.05, 0) is 54.4 Å². The quantitative estimate of drug-likeness (QED) is 0.231. The Labute approximate surface area is 205 Å². The maximum Gasteiger partial charge on any atom is 0.416 e. The number of urea groups is 1. The molecular weight excluding hydrogens is 484 g/mol. The van der Waals surface area contributed by atoms with E-state index in [1.54, 1.807) is 29.0 Å². The van der Waals surface area contributed by atoms with Gasteiger partial charge in [-0.15, -0.1) is 0 Å². The van der Waals surface area contributed by atoms with Gasteiger partial charge in [-0.1, -0.05) is 38.0 Å². The van der Waals surface area contributed by atoms with Gasteiger partial charge in [0.1, 0.15) is 0 Å². The Bertz CT molecular complexity index is 1150. The number of hydrogen-bond donors (Lipinski definition) is 1. The molecule has 2 amide bonds. The lowest BCUT2D eigenvalue weighted by molar-refractivity contribution is -0.138. The number of nitrogens with zero attached hydrogens (tertiary/aromatic N) is 2. The summed E-state index contributed by atoms with van der Waals surface area (Å²) < 4.78 is 80.1. The van der Waals surface area contributed by atoms with Crippen molar-refractivity contribution in [2.45, 2.75) is 51.6 Å². The van der Waals surface area contributed by atoms with Crippen molar-refractivity contribution < 1.29 is 31.1 Å². The number of rotatable bonds is 9. The first-order valence-corrected chi connectivity index (χ1v) is 11.5. The highest BCUT2D eigenvalue weighted by Gasteiger charge is 2.31. The van der Waals surface area contributed by atoms with Crippen LogP contribution in [0, 0.1) is 0 Å². The van der Waals surface area contributed by atoms with Crippen molar-refractivity contribution in [1.82, 2.24) is 9.47 Å². The number of amides is 2. The summed E-state index contributed by atoms with van der Waals surface area (Å²) in [4.78, 5) is 14.5. The average molecular weight is 512 g/mol. The van der Waals surface area contributed by atoms with E-state index in [0.29, 0.717) is 24.2 Å². The SMILES string of the molecule is CCCCCN(Cc1cccn1Cc1cccc(C(F)(F)F)c1)C(=O)Nc1cccc(C(F)(F)F)c1. The second-order valence-electron chi connectivity index (χ2n) is 8.46. The minimum atomic E-state index is -4.54. The van der Waals surface area contributed by atoms with Crippen molar-refractivity contribution in [3.05, 3.63) is 89.2 Å². The van der Waals surface area contributed by atoms with Crippen LogP contribution in [0.3, 0.4) is 0 Å². The van der Waals surface area contributed by atoms with E-state index in [-0.39, 0.29) is 18.8 Å². The summed E-state index contributed by atoms with van der Waals surface area (Å²) in [5, 5.41) is 2.54. The number of nitrogens with one attached hydrogen (secondary N) is 1. The summed E-state index contributed by atoms with van der Waals surface area (Å²) in [5.74, 6) is 0. The highest BCUT2D eigenvalue weighted by molar-refractivity contribution is 5.89. The Morgan fingerprint density at radius 3 is 2.22 bits per heavy atom. The second-order valence-corrected chi connectivity index (χ2v) is 8.46. The first kappa shape index (κ1) is 27.2. The second kappa shape index (κ2) is 11.5. The molecule has 1 heterocycles. The van der Waals surface area contributed by atoms with Crippen LogP contribution in [0.4, 0.5) is 36.8 Å². The van der Waals surface area contributed by atoms with Crippen LogP contribution in [0.25, 0.3) is 0 Å². The molecule has 4 nitrogen and oxygen atoms in total. The molecule has 0 atom stereocenters. The van der Waals surface area contributed by atoms with Gasteiger partial charge in [0, 0.05) is 30.7 Å². The Morgan fingerprint density at radius 1 is 0.889 bits per heavy atom. The Morgan fingerprint density at radius 2 is 1.56 bits per heavy atom. The van der Waals surface area contributed by atoms with Gasteiger partial charge in [-0.25, -0.2) is 4.79 Å². The van der Waals surface area contributed by atoms with Crippen LogP contribution >= 0.6 is 0 Å². The van der Waals surface area contributed by atoms with E-state index in [0.717, 1.165) is 37.1 Å². The highest BCUT2D eigenvalue weighted by Crippen LogP contribution is 2.31. The van der Waals surface area contributed by atoms with Gasteiger partial charge in [0.25, 0.3) is 0 Å². The van der Waals surface area contributed by atoms with Crippen LogP contribution in [0.5, 0.6) is 0 Å². The van der Waals surface area contributed by atoms with Crippen molar-refractivity contribution in [2.24, 2.45) is 0 Å². The van der Waals surface area contributed by atoms with E-state index >= 15 is 0 Å². The lowest BCUT2D eigenvalue weighted by Crippen LogP contribution is -2.36. The fourth-order valence-corrected chi connectivity index (χ4v) is 3.77. The molecular formula is C26H27F6N3O. The van der Waals surface area contributed by atoms with Gasteiger partial charge < -0.3 is 14.8 Å². The number of benzene rings is 2. The van der Waals surface area contributed by atoms with E-state index in [1.165, 1.54) is 23.1 Å². The monoisotopic (exact) mass is 511 g/mol. The molecule has 0 spiro atoms. The van der Waals surface area contributed by atoms with E-state index in [2.05, 4.69) is 5.32 Å². The maximum absolute atomic E-state index is 13.1. The minimum absolute atomic E-state index is 0.0228. The fraction of sp³-hybridized carbons (Fsp3) is 0.346. The third-order valence-electron chi connectivity index (χ3n) is 5.64. The smallest absolute Gasteiger partial charge is 0.345 e. The van der Waals surface area contributed by atoms with Crippen molar-refractivity contribution in [1.29, 1.82) is 0 Å². The number of hydrogen-bond acceptors (Lipinski definition) is 1. The standard InChI is InChI=1S/C26H27F6N3O/c1-2-3-4-13-35(24(36)33-22-11-6-10-21(16-22)26(30,31)32)18-23-12-7-14-34(23)17-19-8-5-9-20(15-19)25(27,28)29/h5-12,14-16H,2-4,13,17-18H2,1H3,(H,33,36). The van der Waals surface area contributed by atoms with Crippen molar-refractivity contribution in [2.75, 3.05) is 11.9 Å². The molecule has 0 radical (unpaired) electrons. The summed E-state index contributed by atoms with van der Waals surface area (Å²) in [6.07, 6.45) is -4.81. The third-order valence-corrected chi connectivity index (χ3v) is 5.64. The van der Waals surface area contributed by atoms with Crippen LogP contribution in [-0.2, 0) is 25.4 Å². The summed E-state index contributed by atoms with van der Waals surface area (Å²) in [6.45, 7) is 2.69. The van der Waals surface area contributed by atoms with E-state index < -0.39 is 29.5 Å². The molecule has 0 aliphatic rings. The number of carbonyl (C=O) groups is 1. The molecule has 10 heteroatoms. The highest BCUT2D eigenvalue weighted by atomic mass is 19.4. The number of unbranched alkanes of at least 4 members (excludes halogenated alkanes) is 2. The van der Waals surface area contributed by atoms with Crippen LogP contribution in [0.1, 0.15) is 48.6 Å². The van der Waals surface area contributed by atoms with Gasteiger partial charge in [-0.3, -0.25) is 0 Å². The molecule has 3 aromatic rings. The van der Waals surface area contributed by atoms with Crippen LogP contribution in [0.2, 0.25) is 0 Å². The van der Waals surface area contributed by atoms with Crippen LogP contribution in [0.15, 0.2) is 66.9 Å². The lowest BCUT2D eigenvalue weighted by Gasteiger charge is -2.24. The zero-order valence-electron chi connectivity index (χ0n) is 19.7. The summed E-state index contributed by atoms with van der Waals surface area (Å²) >= 11 is 0. The molecule has 36 heavy (non-hydrogen) atoms. The molecule has 0 fully saturated rings. The van der Waals surface area contributed by atoms with Crippen LogP contribution in [-0.4, -0.2) is 22.0 Å². The average Bonchev–Trinajstić information content (AvgIpc) is 3.24. The van der Waals surface area contributed by atoms with Gasteiger partial charge in [0.05, 0.1) is 17.7 Å². The fourth-order valence-electron chi connectivity index (χ4n) is 3.77. The van der Waals surface area contributed by atoms with Crippen molar-refractivity contribution in [3.63, 3.8) is 0 Å². The molecule has 3 rings (SSSR count). The molecule has 0 saturated carbocycles. The third kappa shape index (κ3) is 7.53. The van der Waals surface area contributed by atoms with Gasteiger partial charge >= 0.3 is 18.4 Å². The van der Waals surface area contributed by atoms with E-state index in [1.807, 2.05) is 6.92 Å². The largest absolute Gasteiger partial charge is 0.416 e. The molecule has 1 aromatic heterocycles. The van der Waals surface area contributed by atoms with Crippen molar-refractivity contribution in [3.8, 4) is 0 Å². The van der Waals surface area contributed by atoms with E-state index in [9.17, 15) is 31.1 Å². The predicted octanol–water partition coefficient (Wildman–Crippen LogP) is 7.80. The molecule has 0 saturated heterocycles. The van der Waals surface area contributed by atoms with Gasteiger partial charge in [-0.2, -0.15) is 26.3 Å². The number of halogens is 6. The topological polar surface area (TPSA) is 37.3 Å².